The Hall–Kier alpha value is -1.85. The molecule has 0 aliphatic rings. The molecule has 0 bridgehead atoms. The zero-order valence-electron chi connectivity index (χ0n) is 13.1. The van der Waals surface area contributed by atoms with E-state index < -0.39 is 12.0 Å². The van der Waals surface area contributed by atoms with E-state index in [1.165, 1.54) is 17.8 Å². The molecule has 0 aliphatic heterocycles. The lowest BCUT2D eigenvalue weighted by molar-refractivity contribution is -0.139. The molecule has 0 fully saturated rings. The Labute approximate surface area is 139 Å². The largest absolute Gasteiger partial charge is 0.480 e. The molecule has 23 heavy (non-hydrogen) atoms. The molecular weight excluding hydrogens is 313 g/mol. The maximum atomic E-state index is 13.9. The summed E-state index contributed by atoms with van der Waals surface area (Å²) >= 11 is 1.35. The highest BCUT2D eigenvalue weighted by atomic mass is 32.2. The fourth-order valence-corrected chi connectivity index (χ4v) is 2.88. The molecular formula is C18H20FNO2S. The van der Waals surface area contributed by atoms with Gasteiger partial charge in [-0.25, -0.2) is 4.39 Å². The number of thioether (sulfide) groups is 1. The monoisotopic (exact) mass is 333 g/mol. The minimum absolute atomic E-state index is 0.259. The summed E-state index contributed by atoms with van der Waals surface area (Å²) in [6.07, 6.45) is 2.20. The van der Waals surface area contributed by atoms with Crippen LogP contribution in [0.5, 0.6) is 0 Å². The first-order valence-corrected chi connectivity index (χ1v) is 8.60. The predicted octanol–water partition coefficient (Wildman–Crippen LogP) is 3.89. The minimum Gasteiger partial charge on any atom is -0.480 e. The van der Waals surface area contributed by atoms with Crippen molar-refractivity contribution in [1.82, 2.24) is 5.32 Å². The van der Waals surface area contributed by atoms with Crippen LogP contribution in [-0.4, -0.2) is 23.4 Å². The molecule has 0 spiro atoms. The number of hydrogen-bond acceptors (Lipinski definition) is 3. The second-order valence-electron chi connectivity index (χ2n) is 5.36. The first-order chi connectivity index (χ1) is 11.0. The zero-order valence-corrected chi connectivity index (χ0v) is 13.9. The van der Waals surface area contributed by atoms with Crippen molar-refractivity contribution >= 4 is 17.7 Å². The SMILES string of the molecule is CSc1ccc(C(C)N[C@@H](Cc2ccccc2)C(=O)O)cc1F. The van der Waals surface area contributed by atoms with Gasteiger partial charge in [0, 0.05) is 10.9 Å². The highest BCUT2D eigenvalue weighted by Gasteiger charge is 2.21. The van der Waals surface area contributed by atoms with Gasteiger partial charge in [0.25, 0.3) is 0 Å². The molecule has 1 unspecified atom stereocenters. The van der Waals surface area contributed by atoms with Gasteiger partial charge >= 0.3 is 5.97 Å². The lowest BCUT2D eigenvalue weighted by Crippen LogP contribution is -2.40. The normalized spacial score (nSPS) is 13.5. The van der Waals surface area contributed by atoms with E-state index in [0.29, 0.717) is 11.3 Å². The predicted molar refractivity (Wildman–Crippen MR) is 91.3 cm³/mol. The van der Waals surface area contributed by atoms with Crippen LogP contribution in [0.2, 0.25) is 0 Å². The highest BCUT2D eigenvalue weighted by molar-refractivity contribution is 7.98. The van der Waals surface area contributed by atoms with E-state index >= 15 is 0 Å². The van der Waals surface area contributed by atoms with Crippen LogP contribution in [-0.2, 0) is 11.2 Å². The molecule has 0 saturated heterocycles. The van der Waals surface area contributed by atoms with Crippen LogP contribution >= 0.6 is 11.8 Å². The molecule has 2 aromatic rings. The lowest BCUT2D eigenvalue weighted by Gasteiger charge is -2.21. The summed E-state index contributed by atoms with van der Waals surface area (Å²) in [7, 11) is 0. The van der Waals surface area contributed by atoms with E-state index in [2.05, 4.69) is 5.32 Å². The van der Waals surface area contributed by atoms with Gasteiger partial charge in [0.1, 0.15) is 11.9 Å². The Morgan fingerprint density at radius 3 is 2.52 bits per heavy atom. The van der Waals surface area contributed by atoms with E-state index in [4.69, 9.17) is 0 Å². The van der Waals surface area contributed by atoms with Gasteiger partial charge in [-0.05, 0) is 42.9 Å². The van der Waals surface area contributed by atoms with Gasteiger partial charge in [-0.1, -0.05) is 36.4 Å². The van der Waals surface area contributed by atoms with Crippen molar-refractivity contribution in [3.8, 4) is 0 Å². The summed E-state index contributed by atoms with van der Waals surface area (Å²) in [5.41, 5.74) is 1.68. The summed E-state index contributed by atoms with van der Waals surface area (Å²) in [5.74, 6) is -1.19. The van der Waals surface area contributed by atoms with Gasteiger partial charge in [-0.2, -0.15) is 0 Å². The number of hydrogen-bond donors (Lipinski definition) is 2. The van der Waals surface area contributed by atoms with Crippen molar-refractivity contribution < 1.29 is 14.3 Å². The second kappa shape index (κ2) is 8.13. The Bertz CT molecular complexity index is 663. The van der Waals surface area contributed by atoms with E-state index in [1.807, 2.05) is 49.6 Å². The topological polar surface area (TPSA) is 49.3 Å². The number of halogens is 1. The molecule has 2 atom stereocenters. The van der Waals surface area contributed by atoms with Crippen LogP contribution < -0.4 is 5.32 Å². The molecule has 0 aliphatic carbocycles. The first-order valence-electron chi connectivity index (χ1n) is 7.37. The average molecular weight is 333 g/mol. The van der Waals surface area contributed by atoms with Crippen molar-refractivity contribution in [2.45, 2.75) is 30.3 Å². The smallest absolute Gasteiger partial charge is 0.321 e. The molecule has 2 rings (SSSR count). The van der Waals surface area contributed by atoms with E-state index in [0.717, 1.165) is 11.1 Å². The van der Waals surface area contributed by atoms with E-state index in [9.17, 15) is 14.3 Å². The summed E-state index contributed by atoms with van der Waals surface area (Å²) in [6, 6.07) is 13.5. The third-order valence-corrected chi connectivity index (χ3v) is 4.48. The number of aliphatic carboxylic acids is 1. The molecule has 0 saturated carbocycles. The summed E-state index contributed by atoms with van der Waals surface area (Å²) < 4.78 is 13.9. The number of benzene rings is 2. The molecule has 0 radical (unpaired) electrons. The maximum Gasteiger partial charge on any atom is 0.321 e. The summed E-state index contributed by atoms with van der Waals surface area (Å²) in [6.45, 7) is 1.84. The van der Waals surface area contributed by atoms with Crippen LogP contribution in [0.4, 0.5) is 4.39 Å². The number of carboxylic acids is 1. The number of carbonyl (C=O) groups is 1. The van der Waals surface area contributed by atoms with Crippen LogP contribution in [0.15, 0.2) is 53.4 Å². The van der Waals surface area contributed by atoms with Crippen molar-refractivity contribution in [1.29, 1.82) is 0 Å². The van der Waals surface area contributed by atoms with Crippen molar-refractivity contribution in [3.63, 3.8) is 0 Å². The third-order valence-electron chi connectivity index (χ3n) is 3.71. The van der Waals surface area contributed by atoms with Crippen molar-refractivity contribution in [2.24, 2.45) is 0 Å². The molecule has 122 valence electrons. The molecule has 0 amide bonds. The van der Waals surface area contributed by atoms with E-state index in [-0.39, 0.29) is 11.9 Å². The number of nitrogens with one attached hydrogen (secondary N) is 1. The zero-order chi connectivity index (χ0) is 16.8. The average Bonchev–Trinajstić information content (AvgIpc) is 2.55. The molecule has 2 aromatic carbocycles. The van der Waals surface area contributed by atoms with Gasteiger partial charge in [0.05, 0.1) is 0 Å². The summed E-state index contributed by atoms with van der Waals surface area (Å²) in [5, 5.41) is 12.5. The Kier molecular flexibility index (Phi) is 6.19. The van der Waals surface area contributed by atoms with Crippen LogP contribution in [0.3, 0.4) is 0 Å². The molecule has 0 heterocycles. The van der Waals surface area contributed by atoms with Crippen LogP contribution in [0.1, 0.15) is 24.1 Å². The standard InChI is InChI=1S/C18H20FNO2S/c1-12(14-8-9-17(23-2)15(19)11-14)20-16(18(21)22)10-13-6-4-3-5-7-13/h3-9,11-12,16,20H,10H2,1-2H3,(H,21,22)/t12?,16-/m0/s1. The van der Waals surface area contributed by atoms with Gasteiger partial charge in [0.15, 0.2) is 0 Å². The van der Waals surface area contributed by atoms with Crippen molar-refractivity contribution in [3.05, 3.63) is 65.5 Å². The van der Waals surface area contributed by atoms with Gasteiger partial charge in [0.2, 0.25) is 0 Å². The van der Waals surface area contributed by atoms with Gasteiger partial charge < -0.3 is 5.11 Å². The van der Waals surface area contributed by atoms with Crippen LogP contribution in [0.25, 0.3) is 0 Å². The Balaban J connectivity index is 2.10. The third kappa shape index (κ3) is 4.81. The molecule has 3 nitrogen and oxygen atoms in total. The number of carboxylic acid groups (broad SMARTS) is 1. The lowest BCUT2D eigenvalue weighted by atomic mass is 10.0. The minimum atomic E-state index is -0.915. The summed E-state index contributed by atoms with van der Waals surface area (Å²) in [4.78, 5) is 12.1. The van der Waals surface area contributed by atoms with Crippen molar-refractivity contribution in [2.75, 3.05) is 6.26 Å². The van der Waals surface area contributed by atoms with Gasteiger partial charge in [-0.3, -0.25) is 10.1 Å². The van der Waals surface area contributed by atoms with Crippen LogP contribution in [0, 0.1) is 5.82 Å². The fraction of sp³-hybridized carbons (Fsp3) is 0.278. The Morgan fingerprint density at radius 2 is 1.96 bits per heavy atom. The molecule has 2 N–H and O–H groups in total. The quantitative estimate of drug-likeness (QED) is 0.755. The van der Waals surface area contributed by atoms with E-state index in [1.54, 1.807) is 6.07 Å². The highest BCUT2D eigenvalue weighted by Crippen LogP contribution is 2.23. The fourth-order valence-electron chi connectivity index (χ4n) is 2.42. The maximum absolute atomic E-state index is 13.9. The van der Waals surface area contributed by atoms with Gasteiger partial charge in [-0.15, -0.1) is 11.8 Å². The number of rotatable bonds is 7. The Morgan fingerprint density at radius 1 is 1.26 bits per heavy atom. The second-order valence-corrected chi connectivity index (χ2v) is 6.21. The molecule has 5 heteroatoms. The molecule has 0 aromatic heterocycles. The first kappa shape index (κ1) is 17.5.